The maximum absolute atomic E-state index is 14.1. The molecule has 0 spiro atoms. The van der Waals surface area contributed by atoms with Crippen LogP contribution in [0.4, 0.5) is 16.2 Å². The number of nitrogens with two attached hydrogens (primary N) is 2. The van der Waals surface area contributed by atoms with Gasteiger partial charge in [0.15, 0.2) is 11.6 Å². The molecule has 0 amide bonds. The molecule has 0 aromatic carbocycles. The Hall–Kier alpha value is -3.14. The van der Waals surface area contributed by atoms with E-state index >= 15 is 0 Å². The third-order valence-corrected chi connectivity index (χ3v) is 6.50. The number of rotatable bonds is 9. The molecule has 0 aliphatic heterocycles. The van der Waals surface area contributed by atoms with Crippen LogP contribution in [0.3, 0.4) is 0 Å². The van der Waals surface area contributed by atoms with Crippen LogP contribution in [0, 0.1) is 12.7 Å². The zero-order chi connectivity index (χ0) is 24.1. The number of hydrogen-bond donors (Lipinski definition) is 4. The van der Waals surface area contributed by atoms with Crippen molar-refractivity contribution in [2.24, 2.45) is 11.6 Å². The number of halogens is 1. The summed E-state index contributed by atoms with van der Waals surface area (Å²) in [5.74, 6) is 6.87. The van der Waals surface area contributed by atoms with Gasteiger partial charge in [-0.2, -0.15) is 4.98 Å². The smallest absolute Gasteiger partial charge is 0.225 e. The van der Waals surface area contributed by atoms with Crippen LogP contribution in [0.1, 0.15) is 62.8 Å². The molecule has 184 valence electrons. The lowest BCUT2D eigenvalue weighted by molar-refractivity contribution is 0.153. The van der Waals surface area contributed by atoms with Crippen LogP contribution < -0.4 is 26.9 Å². The molecule has 2 saturated carbocycles. The lowest BCUT2D eigenvalue weighted by Crippen LogP contribution is -2.32. The number of ether oxygens (including phenoxy) is 1. The minimum Gasteiger partial charge on any atom is -0.489 e. The number of anilines is 2. The van der Waals surface area contributed by atoms with Crippen molar-refractivity contribution < 1.29 is 9.13 Å². The molecule has 10 heteroatoms. The number of nitrogens with one attached hydrogen (secondary N) is 2. The average Bonchev–Trinajstić information content (AvgIpc) is 2.79. The summed E-state index contributed by atoms with van der Waals surface area (Å²) in [6.45, 7) is 2.16. The molecule has 0 saturated heterocycles. The molecule has 4 rings (SSSR count). The van der Waals surface area contributed by atoms with Crippen molar-refractivity contribution in [3.05, 3.63) is 41.2 Å². The topological polar surface area (TPSA) is 127 Å². The number of pyridine rings is 1. The van der Waals surface area contributed by atoms with Gasteiger partial charge in [0.25, 0.3) is 0 Å². The Morgan fingerprint density at radius 3 is 2.56 bits per heavy atom. The monoisotopic (exact) mass is 470 g/mol. The van der Waals surface area contributed by atoms with E-state index in [2.05, 4.69) is 25.6 Å². The van der Waals surface area contributed by atoms with E-state index in [4.69, 9.17) is 16.3 Å². The largest absolute Gasteiger partial charge is 0.489 e. The lowest BCUT2D eigenvalue weighted by atomic mass is 9.93. The van der Waals surface area contributed by atoms with Crippen LogP contribution in [-0.4, -0.2) is 45.7 Å². The van der Waals surface area contributed by atoms with Gasteiger partial charge < -0.3 is 26.1 Å². The predicted molar refractivity (Wildman–Crippen MR) is 131 cm³/mol. The van der Waals surface area contributed by atoms with Crippen molar-refractivity contribution in [3.63, 3.8) is 0 Å². The quantitative estimate of drug-likeness (QED) is 0.321. The number of aryl methyl sites for hydroxylation is 1. The minimum absolute atomic E-state index is 0.202. The van der Waals surface area contributed by atoms with E-state index in [9.17, 15) is 4.39 Å². The summed E-state index contributed by atoms with van der Waals surface area (Å²) in [5.41, 5.74) is 8.88. The van der Waals surface area contributed by atoms with Gasteiger partial charge in [-0.25, -0.2) is 20.2 Å². The first-order valence-corrected chi connectivity index (χ1v) is 12.1. The zero-order valence-corrected chi connectivity index (χ0v) is 20.0. The van der Waals surface area contributed by atoms with Crippen molar-refractivity contribution in [3.8, 4) is 5.75 Å². The summed E-state index contributed by atoms with van der Waals surface area (Å²) in [5, 5.41) is 7.65. The number of hydrogen-bond acceptors (Lipinski definition) is 9. The Bertz CT molecular complexity index is 1020. The molecule has 2 aliphatic carbocycles. The SMILES string of the molecule is Cc1nc(/C(N)=C(\CNc2ncc(F)c(NC3CCC3)n2)N(C)N)ccc1OC1CCCCC1. The fraction of sp³-hybridized carbons (Fsp3) is 0.542. The van der Waals surface area contributed by atoms with Crippen LogP contribution in [-0.2, 0) is 0 Å². The summed E-state index contributed by atoms with van der Waals surface area (Å²) in [4.78, 5) is 13.0. The van der Waals surface area contributed by atoms with E-state index in [1.165, 1.54) is 24.3 Å². The van der Waals surface area contributed by atoms with E-state index in [1.807, 2.05) is 19.1 Å². The van der Waals surface area contributed by atoms with E-state index in [0.717, 1.165) is 49.7 Å². The molecule has 2 fully saturated rings. The van der Waals surface area contributed by atoms with Crippen molar-refractivity contribution in [2.75, 3.05) is 24.2 Å². The molecule has 2 aliphatic rings. The van der Waals surface area contributed by atoms with Gasteiger partial charge in [-0.3, -0.25) is 0 Å². The summed E-state index contributed by atoms with van der Waals surface area (Å²) < 4.78 is 20.3. The Kier molecular flexibility index (Phi) is 7.66. The zero-order valence-electron chi connectivity index (χ0n) is 20.0. The molecule has 0 bridgehead atoms. The minimum atomic E-state index is -0.473. The Morgan fingerprint density at radius 1 is 1.15 bits per heavy atom. The summed E-state index contributed by atoms with van der Waals surface area (Å²) in [6.07, 6.45) is 10.5. The Labute approximate surface area is 200 Å². The van der Waals surface area contributed by atoms with Gasteiger partial charge in [0.05, 0.1) is 41.6 Å². The van der Waals surface area contributed by atoms with Crippen LogP contribution in [0.15, 0.2) is 24.0 Å². The van der Waals surface area contributed by atoms with Gasteiger partial charge in [0.2, 0.25) is 5.95 Å². The molecule has 2 aromatic rings. The van der Waals surface area contributed by atoms with Crippen molar-refractivity contribution >= 4 is 17.5 Å². The average molecular weight is 471 g/mol. The highest BCUT2D eigenvalue weighted by molar-refractivity contribution is 5.64. The normalized spacial score (nSPS) is 17.5. The number of nitrogens with zero attached hydrogens (tertiary/aromatic N) is 4. The highest BCUT2D eigenvalue weighted by Crippen LogP contribution is 2.27. The van der Waals surface area contributed by atoms with Crippen LogP contribution in [0.5, 0.6) is 5.75 Å². The van der Waals surface area contributed by atoms with Gasteiger partial charge in [0, 0.05) is 13.1 Å². The van der Waals surface area contributed by atoms with Crippen molar-refractivity contribution in [1.82, 2.24) is 20.0 Å². The summed E-state index contributed by atoms with van der Waals surface area (Å²) in [7, 11) is 1.70. The third kappa shape index (κ3) is 5.85. The van der Waals surface area contributed by atoms with Crippen molar-refractivity contribution in [1.29, 1.82) is 0 Å². The lowest BCUT2D eigenvalue weighted by Gasteiger charge is -2.27. The molecule has 9 nitrogen and oxygen atoms in total. The van der Waals surface area contributed by atoms with Gasteiger partial charge in [-0.15, -0.1) is 0 Å². The van der Waals surface area contributed by atoms with E-state index in [0.29, 0.717) is 17.1 Å². The third-order valence-electron chi connectivity index (χ3n) is 6.50. The Balaban J connectivity index is 1.46. The maximum Gasteiger partial charge on any atom is 0.225 e. The highest BCUT2D eigenvalue weighted by Gasteiger charge is 2.20. The number of hydrazine groups is 1. The summed E-state index contributed by atoms with van der Waals surface area (Å²) >= 11 is 0. The molecule has 0 radical (unpaired) electrons. The fourth-order valence-electron chi connectivity index (χ4n) is 4.21. The second-order valence-electron chi connectivity index (χ2n) is 9.15. The number of aromatic nitrogens is 3. The van der Waals surface area contributed by atoms with E-state index in [-0.39, 0.29) is 30.5 Å². The van der Waals surface area contributed by atoms with Gasteiger partial charge >= 0.3 is 0 Å². The van der Waals surface area contributed by atoms with Crippen LogP contribution in [0.25, 0.3) is 5.70 Å². The van der Waals surface area contributed by atoms with Gasteiger partial charge in [-0.05, 0) is 64.0 Å². The fourth-order valence-corrected chi connectivity index (χ4v) is 4.21. The van der Waals surface area contributed by atoms with Gasteiger partial charge in [0.1, 0.15) is 5.75 Å². The summed E-state index contributed by atoms with van der Waals surface area (Å²) in [6, 6.07) is 4.03. The standard InChI is InChI=1S/C24H35FN8O/c1-15-21(34-17-9-4-3-5-10-17)12-11-19(30-15)22(26)20(33(2)27)14-29-24-28-13-18(25)23(32-24)31-16-7-6-8-16/h11-13,16-17H,3-10,14,26-27H2,1-2H3,(H2,28,29,31,32)/b22-20-. The first kappa shape index (κ1) is 24.0. The molecule has 0 atom stereocenters. The molecule has 2 heterocycles. The maximum atomic E-state index is 14.1. The first-order chi connectivity index (χ1) is 16.4. The van der Waals surface area contributed by atoms with Crippen LogP contribution in [0.2, 0.25) is 0 Å². The van der Waals surface area contributed by atoms with E-state index in [1.54, 1.807) is 7.05 Å². The predicted octanol–water partition coefficient (Wildman–Crippen LogP) is 3.54. The molecular formula is C24H35FN8O. The first-order valence-electron chi connectivity index (χ1n) is 12.1. The molecular weight excluding hydrogens is 435 g/mol. The molecule has 34 heavy (non-hydrogen) atoms. The van der Waals surface area contributed by atoms with Crippen molar-refractivity contribution in [2.45, 2.75) is 70.4 Å². The second kappa shape index (κ2) is 10.9. The molecule has 0 unspecified atom stereocenters. The van der Waals surface area contributed by atoms with Gasteiger partial charge in [-0.1, -0.05) is 6.42 Å². The number of likely N-dealkylation sites (N-methyl/N-ethyl adjacent to an activating group) is 1. The molecule has 6 N–H and O–H groups in total. The molecule has 2 aromatic heterocycles. The van der Waals surface area contributed by atoms with E-state index < -0.39 is 5.82 Å². The highest BCUT2D eigenvalue weighted by atomic mass is 19.1. The van der Waals surface area contributed by atoms with Crippen LogP contribution >= 0.6 is 0 Å². The Morgan fingerprint density at radius 2 is 1.91 bits per heavy atom. The second-order valence-corrected chi connectivity index (χ2v) is 9.15.